The van der Waals surface area contributed by atoms with Crippen molar-refractivity contribution < 1.29 is 18.0 Å². The molecule has 2 amide bonds. The minimum absolute atomic E-state index is 0.0878. The van der Waals surface area contributed by atoms with Gasteiger partial charge in [0.05, 0.1) is 10.6 Å². The van der Waals surface area contributed by atoms with E-state index in [0.29, 0.717) is 12.2 Å². The standard InChI is InChI=1S/C29H35N3O4S/c1-6-30-29(34)24(5)31(19-25-12-10-11-21(2)18-25)28(33)20-32(27-16-15-22(3)17-23(27)4)37(35,36)26-13-8-7-9-14-26/h7-18,24H,6,19-20H2,1-5H3,(H,30,34)/t24-/m1/s1. The Bertz CT molecular complexity index is 1360. The molecule has 0 aliphatic carbocycles. The second-order valence-electron chi connectivity index (χ2n) is 9.20. The monoisotopic (exact) mass is 521 g/mol. The summed E-state index contributed by atoms with van der Waals surface area (Å²) >= 11 is 0. The van der Waals surface area contributed by atoms with Crippen LogP contribution in [-0.4, -0.2) is 44.3 Å². The quantitative estimate of drug-likeness (QED) is 0.430. The van der Waals surface area contributed by atoms with Crippen LogP contribution in [-0.2, 0) is 26.2 Å². The first-order valence-corrected chi connectivity index (χ1v) is 13.8. The zero-order valence-electron chi connectivity index (χ0n) is 22.1. The van der Waals surface area contributed by atoms with Crippen molar-refractivity contribution in [2.45, 2.75) is 52.1 Å². The van der Waals surface area contributed by atoms with Crippen LogP contribution in [0.1, 0.15) is 36.1 Å². The molecular formula is C29H35N3O4S. The average molecular weight is 522 g/mol. The first-order valence-electron chi connectivity index (χ1n) is 12.3. The molecule has 3 aromatic rings. The Hall–Kier alpha value is -3.65. The number of amides is 2. The summed E-state index contributed by atoms with van der Waals surface area (Å²) in [6.45, 7) is 9.32. The molecule has 0 aliphatic heterocycles. The molecule has 0 radical (unpaired) electrons. The van der Waals surface area contributed by atoms with Crippen LogP contribution < -0.4 is 9.62 Å². The van der Waals surface area contributed by atoms with Gasteiger partial charge in [-0.3, -0.25) is 13.9 Å². The van der Waals surface area contributed by atoms with Gasteiger partial charge in [-0.2, -0.15) is 0 Å². The van der Waals surface area contributed by atoms with Gasteiger partial charge in [-0.1, -0.05) is 65.7 Å². The lowest BCUT2D eigenvalue weighted by Crippen LogP contribution is -2.51. The first kappa shape index (κ1) is 27.9. The van der Waals surface area contributed by atoms with E-state index >= 15 is 0 Å². The number of hydrogen-bond donors (Lipinski definition) is 1. The van der Waals surface area contributed by atoms with E-state index in [1.54, 1.807) is 31.2 Å². The maximum Gasteiger partial charge on any atom is 0.264 e. The van der Waals surface area contributed by atoms with Gasteiger partial charge in [0, 0.05) is 13.1 Å². The van der Waals surface area contributed by atoms with E-state index in [4.69, 9.17) is 0 Å². The molecule has 1 N–H and O–H groups in total. The van der Waals surface area contributed by atoms with Crippen LogP contribution in [0.2, 0.25) is 0 Å². The van der Waals surface area contributed by atoms with Crippen molar-refractivity contribution >= 4 is 27.5 Å². The van der Waals surface area contributed by atoms with Gasteiger partial charge < -0.3 is 10.2 Å². The molecule has 0 spiro atoms. The van der Waals surface area contributed by atoms with Crippen molar-refractivity contribution in [3.05, 3.63) is 95.1 Å². The van der Waals surface area contributed by atoms with Gasteiger partial charge in [-0.05, 0) is 63.9 Å². The number of nitrogens with one attached hydrogen (secondary N) is 1. The maximum absolute atomic E-state index is 13.9. The second kappa shape index (κ2) is 12.1. The molecule has 0 saturated heterocycles. The zero-order chi connectivity index (χ0) is 27.2. The Labute approximate surface area is 220 Å². The van der Waals surface area contributed by atoms with Crippen molar-refractivity contribution in [2.24, 2.45) is 0 Å². The fourth-order valence-corrected chi connectivity index (χ4v) is 5.73. The molecule has 3 aromatic carbocycles. The normalized spacial score (nSPS) is 12.0. The molecule has 0 aromatic heterocycles. The maximum atomic E-state index is 13.9. The SMILES string of the molecule is CCNC(=O)[C@@H](C)N(Cc1cccc(C)c1)C(=O)CN(c1ccc(C)cc1C)S(=O)(=O)c1ccccc1. The Morgan fingerprint density at radius 1 is 0.892 bits per heavy atom. The predicted molar refractivity (Wildman–Crippen MR) is 147 cm³/mol. The fraction of sp³-hybridized carbons (Fsp3) is 0.310. The van der Waals surface area contributed by atoms with Crippen LogP contribution in [0, 0.1) is 20.8 Å². The number of sulfonamides is 1. The molecule has 3 rings (SSSR count). The smallest absolute Gasteiger partial charge is 0.264 e. The predicted octanol–water partition coefficient (Wildman–Crippen LogP) is 4.36. The van der Waals surface area contributed by atoms with Crippen molar-refractivity contribution in [3.63, 3.8) is 0 Å². The molecule has 8 heteroatoms. The summed E-state index contributed by atoms with van der Waals surface area (Å²) in [7, 11) is -4.07. The number of carbonyl (C=O) groups is 2. The molecule has 7 nitrogen and oxygen atoms in total. The van der Waals surface area contributed by atoms with Crippen LogP contribution in [0.15, 0.2) is 77.7 Å². The zero-order valence-corrected chi connectivity index (χ0v) is 22.9. The number of anilines is 1. The van der Waals surface area contributed by atoms with E-state index in [0.717, 1.165) is 26.6 Å². The van der Waals surface area contributed by atoms with Crippen LogP contribution >= 0.6 is 0 Å². The summed E-state index contributed by atoms with van der Waals surface area (Å²) in [5, 5.41) is 2.77. The van der Waals surface area contributed by atoms with Crippen LogP contribution in [0.25, 0.3) is 0 Å². The summed E-state index contributed by atoms with van der Waals surface area (Å²) in [4.78, 5) is 28.2. The van der Waals surface area contributed by atoms with Gasteiger partial charge in [0.25, 0.3) is 10.0 Å². The summed E-state index contributed by atoms with van der Waals surface area (Å²) in [5.74, 6) is -0.771. The van der Waals surface area contributed by atoms with Crippen molar-refractivity contribution in [1.29, 1.82) is 0 Å². The summed E-state index contributed by atoms with van der Waals surface area (Å²) in [6, 6.07) is 20.4. The molecule has 0 aliphatic rings. The average Bonchev–Trinajstić information content (AvgIpc) is 2.86. The molecule has 0 heterocycles. The lowest BCUT2D eigenvalue weighted by molar-refractivity contribution is -0.139. The lowest BCUT2D eigenvalue weighted by Gasteiger charge is -2.32. The number of nitrogens with zero attached hydrogens (tertiary/aromatic N) is 2. The Balaban J connectivity index is 2.05. The van der Waals surface area contributed by atoms with Gasteiger partial charge in [-0.25, -0.2) is 8.42 Å². The number of carbonyl (C=O) groups excluding carboxylic acids is 2. The van der Waals surface area contributed by atoms with E-state index in [-0.39, 0.29) is 17.3 Å². The Morgan fingerprint density at radius 2 is 1.57 bits per heavy atom. The molecular weight excluding hydrogens is 486 g/mol. The minimum atomic E-state index is -4.07. The van der Waals surface area contributed by atoms with Gasteiger partial charge in [0.2, 0.25) is 11.8 Å². The topological polar surface area (TPSA) is 86.8 Å². The van der Waals surface area contributed by atoms with Gasteiger partial charge in [0.1, 0.15) is 12.6 Å². The van der Waals surface area contributed by atoms with E-state index in [9.17, 15) is 18.0 Å². The first-order chi connectivity index (χ1) is 17.5. The highest BCUT2D eigenvalue weighted by Gasteiger charge is 2.33. The highest BCUT2D eigenvalue weighted by Crippen LogP contribution is 2.28. The van der Waals surface area contributed by atoms with E-state index < -0.39 is 28.5 Å². The van der Waals surface area contributed by atoms with E-state index in [1.165, 1.54) is 17.0 Å². The molecule has 0 saturated carbocycles. The number of benzene rings is 3. The van der Waals surface area contributed by atoms with Crippen molar-refractivity contribution in [2.75, 3.05) is 17.4 Å². The summed E-state index contributed by atoms with van der Waals surface area (Å²) in [5.41, 5.74) is 4.02. The molecule has 1 atom stereocenters. The third-order valence-electron chi connectivity index (χ3n) is 6.18. The largest absolute Gasteiger partial charge is 0.355 e. The number of likely N-dealkylation sites (N-methyl/N-ethyl adjacent to an activating group) is 1. The summed E-state index contributed by atoms with van der Waals surface area (Å²) in [6.07, 6.45) is 0. The third kappa shape index (κ3) is 6.77. The van der Waals surface area contributed by atoms with E-state index in [1.807, 2.05) is 64.1 Å². The fourth-order valence-electron chi connectivity index (χ4n) is 4.23. The Morgan fingerprint density at radius 3 is 2.19 bits per heavy atom. The molecule has 37 heavy (non-hydrogen) atoms. The Kier molecular flexibility index (Phi) is 9.10. The highest BCUT2D eigenvalue weighted by molar-refractivity contribution is 7.92. The lowest BCUT2D eigenvalue weighted by atomic mass is 10.1. The molecule has 0 unspecified atom stereocenters. The molecule has 0 bridgehead atoms. The van der Waals surface area contributed by atoms with Crippen molar-refractivity contribution in [3.8, 4) is 0 Å². The highest BCUT2D eigenvalue weighted by atomic mass is 32.2. The van der Waals surface area contributed by atoms with Gasteiger partial charge in [0.15, 0.2) is 0 Å². The van der Waals surface area contributed by atoms with Crippen LogP contribution in [0.4, 0.5) is 5.69 Å². The third-order valence-corrected chi connectivity index (χ3v) is 7.96. The van der Waals surface area contributed by atoms with E-state index in [2.05, 4.69) is 5.32 Å². The van der Waals surface area contributed by atoms with Crippen molar-refractivity contribution in [1.82, 2.24) is 10.2 Å². The second-order valence-corrected chi connectivity index (χ2v) is 11.1. The van der Waals surface area contributed by atoms with Gasteiger partial charge >= 0.3 is 0 Å². The van der Waals surface area contributed by atoms with Crippen LogP contribution in [0.5, 0.6) is 0 Å². The number of aryl methyl sites for hydroxylation is 3. The number of rotatable bonds is 10. The molecule has 0 fully saturated rings. The number of hydrogen-bond acceptors (Lipinski definition) is 4. The van der Waals surface area contributed by atoms with Crippen LogP contribution in [0.3, 0.4) is 0 Å². The molecule has 196 valence electrons. The minimum Gasteiger partial charge on any atom is -0.355 e. The van der Waals surface area contributed by atoms with Gasteiger partial charge in [-0.15, -0.1) is 0 Å². The summed E-state index contributed by atoms with van der Waals surface area (Å²) < 4.78 is 28.8.